The van der Waals surface area contributed by atoms with Gasteiger partial charge in [-0.1, -0.05) is 50.5 Å². The molecule has 0 aromatic heterocycles. The Hall–Kier alpha value is -0.640. The number of fused-ring (bicyclic) bond motifs is 4. The second-order valence-corrected chi connectivity index (χ2v) is 14.2. The molecular formula is C30H48O3. The van der Waals surface area contributed by atoms with Crippen LogP contribution in [0.3, 0.4) is 0 Å². The molecule has 1 saturated heterocycles. The third kappa shape index (κ3) is 2.91. The molecular weight excluding hydrogens is 408 g/mol. The van der Waals surface area contributed by atoms with Gasteiger partial charge in [-0.3, -0.25) is 0 Å². The highest BCUT2D eigenvalue weighted by atomic mass is 16.6. The highest BCUT2D eigenvalue weighted by Gasteiger charge is 2.77. The van der Waals surface area contributed by atoms with Crippen LogP contribution in [-0.4, -0.2) is 28.7 Å². The van der Waals surface area contributed by atoms with Crippen LogP contribution in [0.1, 0.15) is 100 Å². The van der Waals surface area contributed by atoms with Gasteiger partial charge in [0.15, 0.2) is 5.79 Å². The van der Waals surface area contributed by atoms with Crippen LogP contribution in [0.25, 0.3) is 0 Å². The molecule has 4 saturated carbocycles. The van der Waals surface area contributed by atoms with E-state index in [1.165, 1.54) is 42.4 Å². The average Bonchev–Trinajstić information content (AvgIpc) is 3.20. The normalized spacial score (nSPS) is 53.0. The minimum absolute atomic E-state index is 0.0191. The van der Waals surface area contributed by atoms with Gasteiger partial charge < -0.3 is 14.9 Å². The van der Waals surface area contributed by atoms with E-state index in [1.807, 2.05) is 0 Å². The quantitative estimate of drug-likeness (QED) is 0.458. The lowest BCUT2D eigenvalue weighted by atomic mass is 9.35. The highest BCUT2D eigenvalue weighted by Crippen LogP contribution is 2.78. The second-order valence-electron chi connectivity index (χ2n) is 14.2. The molecule has 0 amide bonds. The van der Waals surface area contributed by atoms with Crippen LogP contribution in [0, 0.1) is 45.3 Å². The number of allylic oxidation sites excluding steroid dienone is 3. The lowest BCUT2D eigenvalue weighted by Crippen LogP contribution is -2.65. The van der Waals surface area contributed by atoms with Gasteiger partial charge >= 0.3 is 0 Å². The fourth-order valence-electron chi connectivity index (χ4n) is 10.7. The number of aliphatic hydroxyl groups excluding tert-OH is 1. The summed E-state index contributed by atoms with van der Waals surface area (Å²) in [5, 5.41) is 22.8. The van der Waals surface area contributed by atoms with Crippen molar-refractivity contribution in [2.75, 3.05) is 6.61 Å². The minimum Gasteiger partial charge on any atom is -0.393 e. The third-order valence-corrected chi connectivity index (χ3v) is 12.3. The van der Waals surface area contributed by atoms with Crippen molar-refractivity contribution in [2.24, 2.45) is 45.3 Å². The predicted octanol–water partition coefficient (Wildman–Crippen LogP) is 6.64. The molecule has 186 valence electrons. The summed E-state index contributed by atoms with van der Waals surface area (Å²) >= 11 is 0. The molecule has 1 spiro atoms. The lowest BCUT2D eigenvalue weighted by molar-refractivity contribution is -0.256. The molecule has 3 heteroatoms. The molecule has 2 N–H and O–H groups in total. The van der Waals surface area contributed by atoms with Gasteiger partial charge in [-0.2, -0.15) is 0 Å². The molecule has 33 heavy (non-hydrogen) atoms. The molecule has 0 aromatic carbocycles. The Balaban J connectivity index is 1.57. The molecule has 5 fully saturated rings. The van der Waals surface area contributed by atoms with Crippen molar-refractivity contribution in [3.05, 3.63) is 22.8 Å². The highest BCUT2D eigenvalue weighted by molar-refractivity contribution is 5.33. The van der Waals surface area contributed by atoms with Crippen molar-refractivity contribution >= 4 is 0 Å². The molecule has 5 rings (SSSR count). The van der Waals surface area contributed by atoms with Crippen molar-refractivity contribution in [3.63, 3.8) is 0 Å². The van der Waals surface area contributed by atoms with Gasteiger partial charge in [0.25, 0.3) is 0 Å². The molecule has 5 aliphatic rings. The Labute approximate surface area is 202 Å². The van der Waals surface area contributed by atoms with Crippen molar-refractivity contribution in [1.82, 2.24) is 0 Å². The third-order valence-electron chi connectivity index (χ3n) is 12.3. The summed E-state index contributed by atoms with van der Waals surface area (Å²) in [5.74, 6) is 0.804. The Kier molecular flexibility index (Phi) is 5.25. The summed E-state index contributed by atoms with van der Waals surface area (Å²) in [6.07, 6.45) is 9.79. The second kappa shape index (κ2) is 7.20. The Bertz CT molecular complexity index is 896. The monoisotopic (exact) mass is 456 g/mol. The lowest BCUT2D eigenvalue weighted by Gasteiger charge is -2.70. The molecule has 0 radical (unpaired) electrons. The number of hydrogen-bond donors (Lipinski definition) is 2. The van der Waals surface area contributed by atoms with E-state index in [1.54, 1.807) is 0 Å². The molecule has 2 bridgehead atoms. The van der Waals surface area contributed by atoms with E-state index in [0.717, 1.165) is 25.9 Å². The largest absolute Gasteiger partial charge is 0.393 e. The van der Waals surface area contributed by atoms with Gasteiger partial charge in [0.2, 0.25) is 0 Å². The number of hydrogen-bond acceptors (Lipinski definition) is 3. The van der Waals surface area contributed by atoms with E-state index in [0.29, 0.717) is 17.8 Å². The summed E-state index contributed by atoms with van der Waals surface area (Å²) in [6.45, 7) is 19.2. The fraction of sp³-hybridized carbons (Fsp3) is 0.867. The maximum atomic E-state index is 11.9. The first-order valence-corrected chi connectivity index (χ1v) is 13.6. The first-order valence-electron chi connectivity index (χ1n) is 13.6. The van der Waals surface area contributed by atoms with Crippen LogP contribution in [0.2, 0.25) is 0 Å². The zero-order valence-electron chi connectivity index (χ0n) is 22.4. The van der Waals surface area contributed by atoms with Crippen LogP contribution in [-0.2, 0) is 4.74 Å². The Morgan fingerprint density at radius 1 is 0.909 bits per heavy atom. The summed E-state index contributed by atoms with van der Waals surface area (Å²) in [5.41, 5.74) is 4.42. The maximum absolute atomic E-state index is 11.9. The molecule has 6 unspecified atom stereocenters. The van der Waals surface area contributed by atoms with Crippen molar-refractivity contribution in [3.8, 4) is 0 Å². The van der Waals surface area contributed by atoms with Gasteiger partial charge in [-0.15, -0.1) is 0 Å². The van der Waals surface area contributed by atoms with Gasteiger partial charge in [0, 0.05) is 17.8 Å². The van der Waals surface area contributed by atoms with E-state index < -0.39 is 5.79 Å². The van der Waals surface area contributed by atoms with Crippen LogP contribution in [0.4, 0.5) is 0 Å². The van der Waals surface area contributed by atoms with E-state index in [9.17, 15) is 10.2 Å². The van der Waals surface area contributed by atoms with E-state index in [2.05, 4.69) is 61.5 Å². The topological polar surface area (TPSA) is 49.7 Å². The molecule has 9 atom stereocenters. The summed E-state index contributed by atoms with van der Waals surface area (Å²) in [6, 6.07) is 0. The minimum atomic E-state index is -1.01. The van der Waals surface area contributed by atoms with Gasteiger partial charge in [0.1, 0.15) is 0 Å². The number of aliphatic hydroxyl groups is 2. The zero-order valence-corrected chi connectivity index (χ0v) is 22.4. The summed E-state index contributed by atoms with van der Waals surface area (Å²) < 4.78 is 6.39. The molecule has 3 nitrogen and oxygen atoms in total. The molecule has 0 aromatic rings. The van der Waals surface area contributed by atoms with Crippen LogP contribution < -0.4 is 0 Å². The standard InChI is InChI=1S/C30H48O3/c1-18(2)15-19(3)20(4)25-21-9-10-23-27(7)13-12-24(31)26(5,6)22(27)11-14-28(23,8)29(21)16-30(25,32)33-17-29/h15,21-25,31-32H,9-14,16-17H2,1-8H3/b20-19+/t21?,22?,23?,24?,25?,27-,28+,29?,30+/m0/s1. The SMILES string of the molecule is CC(C)=C/C(C)=C(\C)C1C2CCC3[C@@]4(C)CCC(O)C(C)(C)C4CC[C@@]3(C)C23CO[C@]1(O)C3. The van der Waals surface area contributed by atoms with E-state index >= 15 is 0 Å². The smallest absolute Gasteiger partial charge is 0.172 e. The maximum Gasteiger partial charge on any atom is 0.172 e. The van der Waals surface area contributed by atoms with Gasteiger partial charge in [0.05, 0.1) is 12.7 Å². The Morgan fingerprint density at radius 2 is 1.61 bits per heavy atom. The summed E-state index contributed by atoms with van der Waals surface area (Å²) in [7, 11) is 0. The Morgan fingerprint density at radius 3 is 2.27 bits per heavy atom. The van der Waals surface area contributed by atoms with E-state index in [4.69, 9.17) is 4.74 Å². The van der Waals surface area contributed by atoms with Crippen LogP contribution >= 0.6 is 0 Å². The fourth-order valence-corrected chi connectivity index (χ4v) is 10.7. The van der Waals surface area contributed by atoms with Crippen molar-refractivity contribution in [2.45, 2.75) is 112 Å². The van der Waals surface area contributed by atoms with Crippen LogP contribution in [0.5, 0.6) is 0 Å². The average molecular weight is 457 g/mol. The summed E-state index contributed by atoms with van der Waals surface area (Å²) in [4.78, 5) is 0. The van der Waals surface area contributed by atoms with Gasteiger partial charge in [-0.05, 0) is 100 Å². The number of rotatable bonds is 2. The molecule has 1 heterocycles. The number of ether oxygens (including phenoxy) is 1. The van der Waals surface area contributed by atoms with Crippen molar-refractivity contribution < 1.29 is 14.9 Å². The molecule has 1 aliphatic heterocycles. The first kappa shape index (κ1) is 24.1. The van der Waals surface area contributed by atoms with Gasteiger partial charge in [-0.25, -0.2) is 0 Å². The molecule has 4 aliphatic carbocycles. The van der Waals surface area contributed by atoms with E-state index in [-0.39, 0.29) is 33.7 Å². The predicted molar refractivity (Wildman–Crippen MR) is 133 cm³/mol. The van der Waals surface area contributed by atoms with Crippen LogP contribution in [0.15, 0.2) is 22.8 Å². The first-order chi connectivity index (χ1) is 15.2. The van der Waals surface area contributed by atoms with Crippen molar-refractivity contribution in [1.29, 1.82) is 0 Å². The zero-order chi connectivity index (χ0) is 24.2.